The second kappa shape index (κ2) is 3.50. The third kappa shape index (κ3) is 1.75. The molecule has 1 saturated carbocycles. The van der Waals surface area contributed by atoms with Crippen LogP contribution in [0.1, 0.15) is 32.6 Å². The topological polar surface area (TPSA) is 33.6 Å². The highest BCUT2D eigenvalue weighted by atomic mass is 16.7. The summed E-state index contributed by atoms with van der Waals surface area (Å²) < 4.78 is 0. The van der Waals surface area contributed by atoms with Crippen LogP contribution in [0.5, 0.6) is 0 Å². The largest absolute Gasteiger partial charge is 0.251 e. The summed E-state index contributed by atoms with van der Waals surface area (Å²) in [7, 11) is 0. The zero-order valence-electron chi connectivity index (χ0n) is 8.05. The lowest BCUT2D eigenvalue weighted by molar-refractivity contribution is 0.00455. The molecular formula is C10H16N2O. The molecule has 1 aliphatic heterocycles. The first-order chi connectivity index (χ1) is 6.27. The monoisotopic (exact) mass is 180 g/mol. The number of nitrogens with one attached hydrogen (secondary N) is 1. The maximum absolute atomic E-state index is 5.36. The molecule has 0 bridgehead atoms. The van der Waals surface area contributed by atoms with Crippen molar-refractivity contribution in [1.82, 2.24) is 5.48 Å². The Balaban J connectivity index is 2.03. The number of nitrogens with zero attached hydrogens (tertiary/aromatic N) is 1. The van der Waals surface area contributed by atoms with Crippen molar-refractivity contribution in [3.8, 4) is 0 Å². The van der Waals surface area contributed by atoms with Gasteiger partial charge in [0.05, 0.1) is 0 Å². The lowest BCUT2D eigenvalue weighted by Gasteiger charge is -2.26. The van der Waals surface area contributed by atoms with Gasteiger partial charge in [0, 0.05) is 5.92 Å². The van der Waals surface area contributed by atoms with Crippen LogP contribution in [0, 0.1) is 5.92 Å². The van der Waals surface area contributed by atoms with Gasteiger partial charge in [-0.3, -0.25) is 5.48 Å². The van der Waals surface area contributed by atoms with Crippen LogP contribution in [-0.2, 0) is 4.84 Å². The highest BCUT2D eigenvalue weighted by Gasteiger charge is 2.29. The summed E-state index contributed by atoms with van der Waals surface area (Å²) in [5, 5.41) is 0. The van der Waals surface area contributed by atoms with E-state index in [0.29, 0.717) is 5.92 Å². The molecule has 3 heteroatoms. The second-order valence-corrected chi connectivity index (χ2v) is 3.84. The highest BCUT2D eigenvalue weighted by Crippen LogP contribution is 2.32. The van der Waals surface area contributed by atoms with Crippen molar-refractivity contribution >= 4 is 5.84 Å². The molecule has 2 aliphatic rings. The van der Waals surface area contributed by atoms with Crippen LogP contribution < -0.4 is 5.48 Å². The summed E-state index contributed by atoms with van der Waals surface area (Å²) in [5.74, 6) is 1.31. The van der Waals surface area contributed by atoms with Crippen LogP contribution in [0.3, 0.4) is 0 Å². The molecule has 1 aliphatic carbocycles. The van der Waals surface area contributed by atoms with Crippen LogP contribution in [-0.4, -0.2) is 12.1 Å². The Morgan fingerprint density at radius 1 is 1.54 bits per heavy atom. The molecule has 0 saturated heterocycles. The third-order valence-electron chi connectivity index (χ3n) is 2.78. The van der Waals surface area contributed by atoms with Gasteiger partial charge in [-0.1, -0.05) is 18.6 Å². The number of hydroxylamine groups is 1. The Morgan fingerprint density at radius 2 is 2.38 bits per heavy atom. The van der Waals surface area contributed by atoms with Crippen molar-refractivity contribution in [2.75, 3.05) is 0 Å². The van der Waals surface area contributed by atoms with Gasteiger partial charge in [-0.15, -0.1) is 0 Å². The zero-order chi connectivity index (χ0) is 9.26. The maximum Gasteiger partial charge on any atom is 0.183 e. The van der Waals surface area contributed by atoms with Crippen LogP contribution in [0.4, 0.5) is 0 Å². The molecule has 1 fully saturated rings. The highest BCUT2D eigenvalue weighted by molar-refractivity contribution is 5.79. The minimum Gasteiger partial charge on any atom is -0.251 e. The Labute approximate surface area is 78.8 Å². The lowest BCUT2D eigenvalue weighted by Crippen LogP contribution is -2.25. The molecule has 2 atom stereocenters. The van der Waals surface area contributed by atoms with Gasteiger partial charge in [0.2, 0.25) is 0 Å². The second-order valence-electron chi connectivity index (χ2n) is 3.84. The predicted molar refractivity (Wildman–Crippen MR) is 52.2 cm³/mol. The first-order valence-electron chi connectivity index (χ1n) is 4.91. The van der Waals surface area contributed by atoms with Gasteiger partial charge >= 0.3 is 0 Å². The minimum atomic E-state index is -0.0206. The Morgan fingerprint density at radius 3 is 3.00 bits per heavy atom. The van der Waals surface area contributed by atoms with E-state index < -0.39 is 0 Å². The number of amidine groups is 1. The van der Waals surface area contributed by atoms with E-state index in [0.717, 1.165) is 12.3 Å². The lowest BCUT2D eigenvalue weighted by atomic mass is 9.84. The molecule has 0 amide bonds. The molecule has 0 aromatic carbocycles. The summed E-state index contributed by atoms with van der Waals surface area (Å²) in [6, 6.07) is 0. The van der Waals surface area contributed by atoms with E-state index in [1.807, 2.05) is 6.92 Å². The molecule has 2 rings (SSSR count). The van der Waals surface area contributed by atoms with Gasteiger partial charge in [-0.25, -0.2) is 9.83 Å². The Kier molecular flexibility index (Phi) is 2.36. The van der Waals surface area contributed by atoms with Crippen LogP contribution in [0.2, 0.25) is 0 Å². The summed E-state index contributed by atoms with van der Waals surface area (Å²) in [6.45, 7) is 6.01. The van der Waals surface area contributed by atoms with E-state index in [9.17, 15) is 0 Å². The first kappa shape index (κ1) is 8.75. The predicted octanol–water partition coefficient (Wildman–Crippen LogP) is 2.01. The summed E-state index contributed by atoms with van der Waals surface area (Å²) in [5.41, 5.74) is 4.10. The van der Waals surface area contributed by atoms with Crippen LogP contribution in [0.25, 0.3) is 0 Å². The van der Waals surface area contributed by atoms with E-state index in [1.54, 1.807) is 0 Å². The van der Waals surface area contributed by atoms with Gasteiger partial charge in [0.15, 0.2) is 6.23 Å². The SMILES string of the molecule is C=C1CCCCC1C1N=C(C)NO1. The van der Waals surface area contributed by atoms with E-state index in [-0.39, 0.29) is 6.23 Å². The molecule has 0 spiro atoms. The molecule has 0 aromatic heterocycles. The fourth-order valence-electron chi connectivity index (χ4n) is 2.01. The van der Waals surface area contributed by atoms with Gasteiger partial charge in [0.1, 0.15) is 5.84 Å². The Bertz CT molecular complexity index is 247. The number of rotatable bonds is 1. The summed E-state index contributed by atoms with van der Waals surface area (Å²) in [4.78, 5) is 9.75. The fourth-order valence-corrected chi connectivity index (χ4v) is 2.01. The van der Waals surface area contributed by atoms with Crippen molar-refractivity contribution in [2.24, 2.45) is 10.9 Å². The smallest absolute Gasteiger partial charge is 0.183 e. The van der Waals surface area contributed by atoms with Crippen molar-refractivity contribution in [1.29, 1.82) is 0 Å². The van der Waals surface area contributed by atoms with E-state index in [4.69, 9.17) is 4.84 Å². The minimum absolute atomic E-state index is 0.0206. The average molecular weight is 180 g/mol. The molecule has 2 unspecified atom stereocenters. The fraction of sp³-hybridized carbons (Fsp3) is 0.700. The van der Waals surface area contributed by atoms with Crippen LogP contribution >= 0.6 is 0 Å². The standard InChI is InChI=1S/C10H16N2O/c1-7-5-3-4-6-9(7)10-11-8(2)12-13-10/h9-10H,1,3-6H2,2H3,(H,11,12). The van der Waals surface area contributed by atoms with Gasteiger partial charge in [0.25, 0.3) is 0 Å². The van der Waals surface area contributed by atoms with E-state index >= 15 is 0 Å². The average Bonchev–Trinajstić information content (AvgIpc) is 2.53. The zero-order valence-corrected chi connectivity index (χ0v) is 8.05. The van der Waals surface area contributed by atoms with E-state index in [1.165, 1.54) is 24.8 Å². The molecule has 13 heavy (non-hydrogen) atoms. The molecule has 72 valence electrons. The van der Waals surface area contributed by atoms with E-state index in [2.05, 4.69) is 17.1 Å². The van der Waals surface area contributed by atoms with Gasteiger partial charge in [-0.05, 0) is 26.2 Å². The van der Waals surface area contributed by atoms with Crippen molar-refractivity contribution in [2.45, 2.75) is 38.8 Å². The summed E-state index contributed by atoms with van der Waals surface area (Å²) in [6.07, 6.45) is 4.84. The Hall–Kier alpha value is -0.830. The molecular weight excluding hydrogens is 164 g/mol. The molecule has 1 heterocycles. The van der Waals surface area contributed by atoms with Crippen LogP contribution in [0.15, 0.2) is 17.1 Å². The normalized spacial score (nSPS) is 34.2. The first-order valence-corrected chi connectivity index (χ1v) is 4.91. The molecule has 0 aromatic rings. The van der Waals surface area contributed by atoms with Gasteiger partial charge < -0.3 is 0 Å². The molecule has 3 nitrogen and oxygen atoms in total. The van der Waals surface area contributed by atoms with Crippen molar-refractivity contribution < 1.29 is 4.84 Å². The number of hydrogen-bond acceptors (Lipinski definition) is 3. The quantitative estimate of drug-likeness (QED) is 0.626. The number of hydrogen-bond donors (Lipinski definition) is 1. The van der Waals surface area contributed by atoms with Gasteiger partial charge in [-0.2, -0.15) is 0 Å². The van der Waals surface area contributed by atoms with Crippen molar-refractivity contribution in [3.05, 3.63) is 12.2 Å². The maximum atomic E-state index is 5.36. The molecule has 1 N–H and O–H groups in total. The molecule has 0 radical (unpaired) electrons. The van der Waals surface area contributed by atoms with Crippen molar-refractivity contribution in [3.63, 3.8) is 0 Å². The third-order valence-corrected chi connectivity index (χ3v) is 2.78. The summed E-state index contributed by atoms with van der Waals surface area (Å²) >= 11 is 0. The number of aliphatic imine (C=N–C) groups is 1.